The first-order valence-corrected chi connectivity index (χ1v) is 7.70. The Morgan fingerprint density at radius 2 is 2.11 bits per heavy atom. The highest BCUT2D eigenvalue weighted by Gasteiger charge is 2.26. The molecule has 0 aliphatic carbocycles. The maximum absolute atomic E-state index is 12.3. The van der Waals surface area contributed by atoms with Crippen molar-refractivity contribution >= 4 is 15.9 Å². The number of sulfonamides is 1. The highest BCUT2D eigenvalue weighted by atomic mass is 32.2. The largest absolute Gasteiger partial charge is 0.355 e. The van der Waals surface area contributed by atoms with E-state index < -0.39 is 10.0 Å². The monoisotopic (exact) mass is 288 g/mol. The number of nitrogens with zero attached hydrogens (tertiary/aromatic N) is 2. The summed E-state index contributed by atoms with van der Waals surface area (Å²) in [7, 11) is -3.70. The molecule has 7 nitrogen and oxygen atoms in total. The highest BCUT2D eigenvalue weighted by Crippen LogP contribution is 2.13. The summed E-state index contributed by atoms with van der Waals surface area (Å²) in [5.74, 6) is 0.288. The Morgan fingerprint density at radius 3 is 2.58 bits per heavy atom. The molecule has 0 bridgehead atoms. The summed E-state index contributed by atoms with van der Waals surface area (Å²) < 4.78 is 25.7. The lowest BCUT2D eigenvalue weighted by molar-refractivity contribution is -0.121. The second-order valence-electron chi connectivity index (χ2n) is 3.93. The number of hydrogen-bond acceptors (Lipinski definition) is 4. The molecule has 8 heteroatoms. The summed E-state index contributed by atoms with van der Waals surface area (Å²) in [5, 5.41) is 2.60. The smallest absolute Gasteiger partial charge is 0.260 e. The SMILES string of the molecule is CCNC(=O)CN(CC)S(=O)(=O)c1cnc(CC)[nH]1. The number of amides is 1. The van der Waals surface area contributed by atoms with Crippen molar-refractivity contribution in [1.82, 2.24) is 19.6 Å². The molecule has 1 heterocycles. The number of nitrogens with one attached hydrogen (secondary N) is 2. The number of rotatable bonds is 7. The minimum Gasteiger partial charge on any atom is -0.355 e. The number of aromatic nitrogens is 2. The van der Waals surface area contributed by atoms with Gasteiger partial charge in [-0.25, -0.2) is 13.4 Å². The molecule has 1 aromatic heterocycles. The van der Waals surface area contributed by atoms with E-state index in [2.05, 4.69) is 15.3 Å². The second kappa shape index (κ2) is 6.67. The molecular weight excluding hydrogens is 268 g/mol. The van der Waals surface area contributed by atoms with Crippen molar-refractivity contribution in [2.75, 3.05) is 19.6 Å². The van der Waals surface area contributed by atoms with Crippen LogP contribution < -0.4 is 5.32 Å². The fourth-order valence-electron chi connectivity index (χ4n) is 1.57. The van der Waals surface area contributed by atoms with E-state index in [4.69, 9.17) is 0 Å². The van der Waals surface area contributed by atoms with Crippen LogP contribution in [0.3, 0.4) is 0 Å². The summed E-state index contributed by atoms with van der Waals surface area (Å²) in [6.07, 6.45) is 1.91. The molecule has 0 saturated carbocycles. The minimum atomic E-state index is -3.70. The lowest BCUT2D eigenvalue weighted by atomic mass is 10.5. The first-order chi connectivity index (χ1) is 8.95. The number of H-pyrrole nitrogens is 1. The van der Waals surface area contributed by atoms with Crippen LogP contribution in [0.25, 0.3) is 0 Å². The van der Waals surface area contributed by atoms with Gasteiger partial charge in [-0.2, -0.15) is 4.31 Å². The molecule has 0 unspecified atom stereocenters. The number of imidazole rings is 1. The van der Waals surface area contributed by atoms with Crippen LogP contribution in [-0.4, -0.2) is 48.2 Å². The molecule has 0 fully saturated rings. The number of likely N-dealkylation sites (N-methyl/N-ethyl adjacent to an activating group) is 2. The van der Waals surface area contributed by atoms with Crippen molar-refractivity contribution < 1.29 is 13.2 Å². The third-order valence-electron chi connectivity index (χ3n) is 2.60. The topological polar surface area (TPSA) is 95.2 Å². The van der Waals surface area contributed by atoms with Gasteiger partial charge in [0, 0.05) is 19.5 Å². The Kier molecular flexibility index (Phi) is 5.49. The van der Waals surface area contributed by atoms with Crippen molar-refractivity contribution in [3.63, 3.8) is 0 Å². The third kappa shape index (κ3) is 3.77. The van der Waals surface area contributed by atoms with Gasteiger partial charge in [-0.1, -0.05) is 13.8 Å². The normalized spacial score (nSPS) is 11.8. The lowest BCUT2D eigenvalue weighted by Gasteiger charge is -2.18. The van der Waals surface area contributed by atoms with Gasteiger partial charge >= 0.3 is 0 Å². The van der Waals surface area contributed by atoms with E-state index in [-0.39, 0.29) is 24.0 Å². The molecule has 19 heavy (non-hydrogen) atoms. The summed E-state index contributed by atoms with van der Waals surface area (Å²) in [5.41, 5.74) is 0. The zero-order chi connectivity index (χ0) is 14.5. The molecule has 0 aliphatic heterocycles. The van der Waals surface area contributed by atoms with E-state index in [9.17, 15) is 13.2 Å². The van der Waals surface area contributed by atoms with Gasteiger partial charge in [0.05, 0.1) is 12.7 Å². The van der Waals surface area contributed by atoms with E-state index in [1.54, 1.807) is 13.8 Å². The summed E-state index contributed by atoms with van der Waals surface area (Å²) in [6, 6.07) is 0. The Morgan fingerprint density at radius 1 is 1.42 bits per heavy atom. The van der Waals surface area contributed by atoms with Crippen LogP contribution in [0.4, 0.5) is 0 Å². The Bertz CT molecular complexity index is 524. The van der Waals surface area contributed by atoms with E-state index >= 15 is 0 Å². The highest BCUT2D eigenvalue weighted by molar-refractivity contribution is 7.89. The van der Waals surface area contributed by atoms with Crippen molar-refractivity contribution in [3.8, 4) is 0 Å². The lowest BCUT2D eigenvalue weighted by Crippen LogP contribution is -2.40. The van der Waals surface area contributed by atoms with Crippen molar-refractivity contribution in [3.05, 3.63) is 12.0 Å². The zero-order valence-electron chi connectivity index (χ0n) is 11.4. The summed E-state index contributed by atoms with van der Waals surface area (Å²) >= 11 is 0. The number of aromatic amines is 1. The minimum absolute atomic E-state index is 0.0236. The second-order valence-corrected chi connectivity index (χ2v) is 5.84. The predicted molar refractivity (Wildman–Crippen MR) is 71.1 cm³/mol. The Balaban J connectivity index is 2.92. The predicted octanol–water partition coefficient (Wildman–Crippen LogP) is 0.119. The zero-order valence-corrected chi connectivity index (χ0v) is 12.2. The van der Waals surface area contributed by atoms with Crippen molar-refractivity contribution in [1.29, 1.82) is 0 Å². The fourth-order valence-corrected chi connectivity index (χ4v) is 2.91. The molecule has 1 aromatic rings. The van der Waals surface area contributed by atoms with Gasteiger partial charge in [0.25, 0.3) is 10.0 Å². The maximum Gasteiger partial charge on any atom is 0.260 e. The molecule has 108 valence electrons. The van der Waals surface area contributed by atoms with Gasteiger partial charge < -0.3 is 10.3 Å². The molecule has 2 N–H and O–H groups in total. The van der Waals surface area contributed by atoms with E-state index in [1.807, 2.05) is 6.92 Å². The number of carbonyl (C=O) groups is 1. The van der Waals surface area contributed by atoms with Crippen LogP contribution in [0.1, 0.15) is 26.6 Å². The number of hydrogen-bond donors (Lipinski definition) is 2. The number of carbonyl (C=O) groups excluding carboxylic acids is 1. The molecule has 1 amide bonds. The first-order valence-electron chi connectivity index (χ1n) is 6.26. The Labute approximate surface area is 113 Å². The molecule has 0 aromatic carbocycles. The molecule has 0 aliphatic rings. The van der Waals surface area contributed by atoms with Gasteiger partial charge in [0.2, 0.25) is 5.91 Å². The van der Waals surface area contributed by atoms with Gasteiger partial charge in [0.15, 0.2) is 5.03 Å². The van der Waals surface area contributed by atoms with Gasteiger partial charge in [-0.05, 0) is 6.92 Å². The van der Waals surface area contributed by atoms with Crippen LogP contribution in [0, 0.1) is 0 Å². The van der Waals surface area contributed by atoms with Crippen LogP contribution in [0.5, 0.6) is 0 Å². The molecule has 0 radical (unpaired) electrons. The quantitative estimate of drug-likeness (QED) is 0.745. The summed E-state index contributed by atoms with van der Waals surface area (Å²) in [4.78, 5) is 18.2. The van der Waals surface area contributed by atoms with Gasteiger partial charge in [0.1, 0.15) is 5.82 Å². The summed E-state index contributed by atoms with van der Waals surface area (Å²) in [6.45, 7) is 5.86. The first kappa shape index (κ1) is 15.6. The third-order valence-corrected chi connectivity index (χ3v) is 4.43. The molecule has 0 spiro atoms. The molecule has 0 saturated heterocycles. The molecule has 0 atom stereocenters. The molecular formula is C11H20N4O3S. The van der Waals surface area contributed by atoms with Crippen LogP contribution in [0.2, 0.25) is 0 Å². The molecule has 1 rings (SSSR count). The van der Waals surface area contributed by atoms with Crippen molar-refractivity contribution in [2.24, 2.45) is 0 Å². The average Bonchev–Trinajstić information content (AvgIpc) is 2.85. The standard InChI is InChI=1S/C11H20N4O3S/c1-4-9-13-7-11(14-9)19(17,18)15(6-3)8-10(16)12-5-2/h7H,4-6,8H2,1-3H3,(H,12,16)(H,13,14). The van der Waals surface area contributed by atoms with Gasteiger partial charge in [-0.15, -0.1) is 0 Å². The fraction of sp³-hybridized carbons (Fsp3) is 0.636. The van der Waals surface area contributed by atoms with Crippen LogP contribution in [0.15, 0.2) is 11.2 Å². The van der Waals surface area contributed by atoms with E-state index in [1.165, 1.54) is 6.20 Å². The number of aryl methyl sites for hydroxylation is 1. The van der Waals surface area contributed by atoms with E-state index in [0.29, 0.717) is 18.8 Å². The van der Waals surface area contributed by atoms with Crippen molar-refractivity contribution in [2.45, 2.75) is 32.2 Å². The Hall–Kier alpha value is -1.41. The van der Waals surface area contributed by atoms with Crippen LogP contribution >= 0.6 is 0 Å². The van der Waals surface area contributed by atoms with Crippen LogP contribution in [-0.2, 0) is 21.2 Å². The van der Waals surface area contributed by atoms with Gasteiger partial charge in [-0.3, -0.25) is 4.79 Å². The average molecular weight is 288 g/mol. The van der Waals surface area contributed by atoms with E-state index in [0.717, 1.165) is 4.31 Å². The maximum atomic E-state index is 12.3.